The lowest BCUT2D eigenvalue weighted by atomic mass is 10.3. The van der Waals surface area contributed by atoms with Crippen LogP contribution in [0.2, 0.25) is 5.02 Å². The summed E-state index contributed by atoms with van der Waals surface area (Å²) in [4.78, 5) is 7.64. The highest BCUT2D eigenvalue weighted by Gasteiger charge is 2.18. The summed E-state index contributed by atoms with van der Waals surface area (Å²) in [6.45, 7) is 0. The van der Waals surface area contributed by atoms with Crippen LogP contribution < -0.4 is 4.74 Å². The summed E-state index contributed by atoms with van der Waals surface area (Å²) in [5.41, 5.74) is -0.771. The average molecular weight is 342 g/mol. The quantitative estimate of drug-likeness (QED) is 0.725. The lowest BCUT2D eigenvalue weighted by molar-refractivity contribution is 0.146. The molecule has 0 amide bonds. The molecule has 0 aliphatic carbocycles. The van der Waals surface area contributed by atoms with Gasteiger partial charge in [-0.2, -0.15) is 0 Å². The second-order valence-corrected chi connectivity index (χ2v) is 4.70. The van der Waals surface area contributed by atoms with Crippen molar-refractivity contribution in [2.24, 2.45) is 0 Å². The van der Waals surface area contributed by atoms with Crippen LogP contribution in [-0.4, -0.2) is 25.0 Å². The van der Waals surface area contributed by atoms with Gasteiger partial charge in [-0.1, -0.05) is 22.9 Å². The molecule has 2 heterocycles. The molecule has 0 saturated heterocycles. The highest BCUT2D eigenvalue weighted by atomic mass is 35.5. The van der Waals surface area contributed by atoms with E-state index in [-0.39, 0.29) is 17.4 Å². The van der Waals surface area contributed by atoms with Crippen molar-refractivity contribution in [3.63, 3.8) is 0 Å². The molecule has 0 unspecified atom stereocenters. The molecule has 1 aromatic carbocycles. The minimum Gasteiger partial charge on any atom is -0.422 e. The second kappa shape index (κ2) is 6.21. The minimum atomic E-state index is -2.82. The fourth-order valence-corrected chi connectivity index (χ4v) is 1.84. The van der Waals surface area contributed by atoms with Crippen LogP contribution in [0, 0.1) is 5.82 Å². The van der Waals surface area contributed by atoms with Crippen LogP contribution in [0.3, 0.4) is 0 Å². The van der Waals surface area contributed by atoms with Crippen LogP contribution in [0.4, 0.5) is 13.2 Å². The predicted molar refractivity (Wildman–Crippen MR) is 73.4 cm³/mol. The third kappa shape index (κ3) is 3.24. The highest BCUT2D eigenvalue weighted by Crippen LogP contribution is 2.29. The molecule has 0 radical (unpaired) electrons. The number of alkyl halides is 2. The summed E-state index contributed by atoms with van der Waals surface area (Å²) < 4.78 is 45.5. The van der Waals surface area contributed by atoms with E-state index in [1.807, 2.05) is 0 Å². The molecule has 10 heteroatoms. The number of para-hydroxylation sites is 1. The molecule has 118 valence electrons. The Balaban J connectivity index is 2.00. The minimum absolute atomic E-state index is 0.0157. The lowest BCUT2D eigenvalue weighted by Crippen LogP contribution is -2.03. The Bertz CT molecular complexity index is 825. The monoisotopic (exact) mass is 341 g/mol. The molecule has 0 aliphatic rings. The van der Waals surface area contributed by atoms with Crippen molar-refractivity contribution >= 4 is 11.6 Å². The molecule has 23 heavy (non-hydrogen) atoms. The van der Waals surface area contributed by atoms with E-state index < -0.39 is 17.9 Å². The van der Waals surface area contributed by atoms with Crippen LogP contribution >= 0.6 is 11.6 Å². The fourth-order valence-electron chi connectivity index (χ4n) is 1.74. The number of benzene rings is 1. The molecule has 0 bridgehead atoms. The van der Waals surface area contributed by atoms with E-state index in [0.717, 1.165) is 16.9 Å². The highest BCUT2D eigenvalue weighted by molar-refractivity contribution is 6.30. The Morgan fingerprint density at radius 2 is 1.91 bits per heavy atom. The first kappa shape index (κ1) is 15.2. The maximum Gasteiger partial charge on any atom is 0.322 e. The van der Waals surface area contributed by atoms with Crippen molar-refractivity contribution in [2.75, 3.05) is 0 Å². The van der Waals surface area contributed by atoms with Crippen LogP contribution in [0.25, 0.3) is 5.69 Å². The van der Waals surface area contributed by atoms with E-state index in [2.05, 4.69) is 20.3 Å². The molecule has 0 spiro atoms. The van der Waals surface area contributed by atoms with Gasteiger partial charge in [0.15, 0.2) is 11.6 Å². The molecule has 0 fully saturated rings. The molecule has 2 aromatic heterocycles. The van der Waals surface area contributed by atoms with E-state index in [1.54, 1.807) is 0 Å². The summed E-state index contributed by atoms with van der Waals surface area (Å²) in [7, 11) is 0. The maximum atomic E-state index is 14.1. The standard InChI is InChI=1S/C13H7ClF3N5O/c14-7-4-18-13(19-5-7)23-10-3-1-2-8(15)11(10)22-6-9(12(16)17)20-21-22/h1-6,12H. The van der Waals surface area contributed by atoms with E-state index >= 15 is 0 Å². The van der Waals surface area contributed by atoms with Gasteiger partial charge >= 0.3 is 6.01 Å². The molecule has 6 nitrogen and oxygen atoms in total. The van der Waals surface area contributed by atoms with Crippen molar-refractivity contribution in [1.82, 2.24) is 25.0 Å². The Hall–Kier alpha value is -2.68. The fraction of sp³-hybridized carbons (Fsp3) is 0.0769. The largest absolute Gasteiger partial charge is 0.422 e. The predicted octanol–water partition coefficient (Wildman–Crippen LogP) is 3.58. The van der Waals surface area contributed by atoms with Gasteiger partial charge in [0.25, 0.3) is 6.43 Å². The number of nitrogens with zero attached hydrogens (tertiary/aromatic N) is 5. The zero-order valence-corrected chi connectivity index (χ0v) is 12.0. The van der Waals surface area contributed by atoms with E-state index in [4.69, 9.17) is 16.3 Å². The molecule has 0 aliphatic heterocycles. The van der Waals surface area contributed by atoms with Crippen molar-refractivity contribution in [3.8, 4) is 17.4 Å². The first-order valence-corrected chi connectivity index (χ1v) is 6.57. The molecular weight excluding hydrogens is 335 g/mol. The van der Waals surface area contributed by atoms with Gasteiger partial charge in [0.05, 0.1) is 23.6 Å². The first-order valence-electron chi connectivity index (χ1n) is 6.19. The van der Waals surface area contributed by atoms with Crippen molar-refractivity contribution < 1.29 is 17.9 Å². The van der Waals surface area contributed by atoms with Crippen LogP contribution in [0.15, 0.2) is 36.8 Å². The molecule has 3 aromatic rings. The molecule has 0 N–H and O–H groups in total. The SMILES string of the molecule is Fc1cccc(Oc2ncc(Cl)cn2)c1-n1cc(C(F)F)nn1. The zero-order valence-electron chi connectivity index (χ0n) is 11.2. The molecule has 0 atom stereocenters. The lowest BCUT2D eigenvalue weighted by Gasteiger charge is -2.10. The topological polar surface area (TPSA) is 65.7 Å². The van der Waals surface area contributed by atoms with Crippen LogP contribution in [0.1, 0.15) is 12.1 Å². The second-order valence-electron chi connectivity index (χ2n) is 4.26. The van der Waals surface area contributed by atoms with Crippen molar-refractivity contribution in [1.29, 1.82) is 0 Å². The van der Waals surface area contributed by atoms with E-state index in [0.29, 0.717) is 5.02 Å². The van der Waals surface area contributed by atoms with E-state index in [1.165, 1.54) is 24.5 Å². The van der Waals surface area contributed by atoms with Gasteiger partial charge in [0, 0.05) is 0 Å². The van der Waals surface area contributed by atoms with Gasteiger partial charge in [0.2, 0.25) is 0 Å². The number of hydrogen-bond donors (Lipinski definition) is 0. The molecule has 0 saturated carbocycles. The van der Waals surface area contributed by atoms with Crippen LogP contribution in [-0.2, 0) is 0 Å². The molecule has 3 rings (SSSR count). The number of halogens is 4. The van der Waals surface area contributed by atoms with E-state index in [9.17, 15) is 13.2 Å². The van der Waals surface area contributed by atoms with Crippen molar-refractivity contribution in [2.45, 2.75) is 6.43 Å². The summed E-state index contributed by atoms with van der Waals surface area (Å²) in [5, 5.41) is 7.08. The smallest absolute Gasteiger partial charge is 0.322 e. The Kier molecular flexibility index (Phi) is 4.11. The first-order chi connectivity index (χ1) is 11.0. The normalized spacial score (nSPS) is 11.0. The third-order valence-electron chi connectivity index (χ3n) is 2.71. The van der Waals surface area contributed by atoms with Gasteiger partial charge in [-0.3, -0.25) is 0 Å². The number of ether oxygens (including phenoxy) is 1. The van der Waals surface area contributed by atoms with Crippen LogP contribution in [0.5, 0.6) is 11.8 Å². The summed E-state index contributed by atoms with van der Waals surface area (Å²) >= 11 is 5.67. The number of aromatic nitrogens is 5. The van der Waals surface area contributed by atoms with Gasteiger partial charge in [-0.25, -0.2) is 27.8 Å². The van der Waals surface area contributed by atoms with Crippen molar-refractivity contribution in [3.05, 3.63) is 53.3 Å². The zero-order chi connectivity index (χ0) is 16.4. The maximum absolute atomic E-state index is 14.1. The van der Waals surface area contributed by atoms with Gasteiger partial charge in [-0.15, -0.1) is 5.10 Å². The Labute approximate surface area is 132 Å². The number of rotatable bonds is 4. The summed E-state index contributed by atoms with van der Waals surface area (Å²) in [5.74, 6) is -0.750. The third-order valence-corrected chi connectivity index (χ3v) is 2.91. The summed E-state index contributed by atoms with van der Waals surface area (Å²) in [6.07, 6.45) is 0.693. The van der Waals surface area contributed by atoms with Gasteiger partial charge in [-0.05, 0) is 12.1 Å². The molecular formula is C13H7ClF3N5O. The Morgan fingerprint density at radius 3 is 2.57 bits per heavy atom. The summed E-state index contributed by atoms with van der Waals surface area (Å²) in [6, 6.07) is 3.85. The van der Waals surface area contributed by atoms with Gasteiger partial charge in [0.1, 0.15) is 11.4 Å². The number of hydrogen-bond acceptors (Lipinski definition) is 5. The Morgan fingerprint density at radius 1 is 1.17 bits per heavy atom. The van der Waals surface area contributed by atoms with Gasteiger partial charge < -0.3 is 4.74 Å². The average Bonchev–Trinajstić information content (AvgIpc) is 2.99.